The lowest BCUT2D eigenvalue weighted by molar-refractivity contribution is 0.885. The second kappa shape index (κ2) is 2.81. The molecule has 0 spiro atoms. The van der Waals surface area contributed by atoms with Crippen LogP contribution in [-0.4, -0.2) is 4.98 Å². The Kier molecular flexibility index (Phi) is 1.60. The van der Waals surface area contributed by atoms with E-state index in [4.69, 9.17) is 0 Å². The highest BCUT2D eigenvalue weighted by Crippen LogP contribution is 2.51. The standard InChI is InChI=1S/C13H13N/c1-9-11-6-5-10(8-12(9)11)13-4-2-3-7-14-13/h2-9,11-12H,1H3. The van der Waals surface area contributed by atoms with E-state index in [1.807, 2.05) is 18.3 Å². The predicted octanol–water partition coefficient (Wildman–Crippen LogP) is 2.92. The normalized spacial score (nSPS) is 33.5. The van der Waals surface area contributed by atoms with Crippen LogP contribution in [0.5, 0.6) is 0 Å². The number of rotatable bonds is 1. The van der Waals surface area contributed by atoms with Crippen LogP contribution in [0.3, 0.4) is 0 Å². The minimum atomic E-state index is 0.775. The topological polar surface area (TPSA) is 12.9 Å². The molecule has 1 nitrogen and oxygen atoms in total. The molecule has 1 saturated carbocycles. The Balaban J connectivity index is 1.95. The van der Waals surface area contributed by atoms with Gasteiger partial charge in [0, 0.05) is 6.20 Å². The highest BCUT2D eigenvalue weighted by Gasteiger charge is 2.44. The first-order valence-electron chi connectivity index (χ1n) is 5.18. The Morgan fingerprint density at radius 1 is 1.21 bits per heavy atom. The second-order valence-electron chi connectivity index (χ2n) is 4.21. The van der Waals surface area contributed by atoms with Gasteiger partial charge in [0.2, 0.25) is 0 Å². The molecular weight excluding hydrogens is 170 g/mol. The summed E-state index contributed by atoms with van der Waals surface area (Å²) >= 11 is 0. The van der Waals surface area contributed by atoms with E-state index in [1.165, 1.54) is 5.57 Å². The molecule has 0 N–H and O–H groups in total. The van der Waals surface area contributed by atoms with Crippen LogP contribution in [0.4, 0.5) is 0 Å². The van der Waals surface area contributed by atoms with Crippen LogP contribution in [0, 0.1) is 17.8 Å². The molecule has 14 heavy (non-hydrogen) atoms. The van der Waals surface area contributed by atoms with Crippen LogP contribution in [-0.2, 0) is 0 Å². The van der Waals surface area contributed by atoms with Gasteiger partial charge in [0.05, 0.1) is 5.69 Å². The van der Waals surface area contributed by atoms with Crippen LogP contribution in [0.15, 0.2) is 42.6 Å². The minimum absolute atomic E-state index is 0.775. The smallest absolute Gasteiger partial charge is 0.0698 e. The van der Waals surface area contributed by atoms with Gasteiger partial charge in [-0.1, -0.05) is 31.2 Å². The van der Waals surface area contributed by atoms with Gasteiger partial charge in [-0.2, -0.15) is 0 Å². The predicted molar refractivity (Wildman–Crippen MR) is 57.5 cm³/mol. The fourth-order valence-corrected chi connectivity index (χ4v) is 2.27. The van der Waals surface area contributed by atoms with Crippen LogP contribution in [0.2, 0.25) is 0 Å². The van der Waals surface area contributed by atoms with Gasteiger partial charge >= 0.3 is 0 Å². The summed E-state index contributed by atoms with van der Waals surface area (Å²) in [7, 11) is 0. The van der Waals surface area contributed by atoms with E-state index in [2.05, 4.69) is 36.2 Å². The van der Waals surface area contributed by atoms with E-state index in [-0.39, 0.29) is 0 Å². The van der Waals surface area contributed by atoms with Crippen molar-refractivity contribution in [1.29, 1.82) is 0 Å². The molecule has 70 valence electrons. The van der Waals surface area contributed by atoms with E-state index in [9.17, 15) is 0 Å². The summed E-state index contributed by atoms with van der Waals surface area (Å²) in [5.74, 6) is 2.42. The average Bonchev–Trinajstić information content (AvgIpc) is 2.91. The molecule has 2 aliphatic carbocycles. The Morgan fingerprint density at radius 3 is 2.86 bits per heavy atom. The van der Waals surface area contributed by atoms with Crippen molar-refractivity contribution >= 4 is 5.57 Å². The van der Waals surface area contributed by atoms with Crippen molar-refractivity contribution in [2.75, 3.05) is 0 Å². The molecule has 1 heteroatoms. The van der Waals surface area contributed by atoms with Crippen LogP contribution in [0.25, 0.3) is 5.57 Å². The fraction of sp³-hybridized carbons (Fsp3) is 0.308. The lowest BCUT2D eigenvalue weighted by Crippen LogP contribution is -1.90. The lowest BCUT2D eigenvalue weighted by Gasteiger charge is -2.04. The molecule has 1 aromatic heterocycles. The first-order valence-corrected chi connectivity index (χ1v) is 5.18. The number of nitrogens with zero attached hydrogens (tertiary/aromatic N) is 1. The van der Waals surface area contributed by atoms with Gasteiger partial charge in [0.1, 0.15) is 0 Å². The lowest BCUT2D eigenvalue weighted by atomic mass is 10.0. The number of pyridine rings is 1. The fourth-order valence-electron chi connectivity index (χ4n) is 2.27. The maximum absolute atomic E-state index is 4.36. The van der Waals surface area contributed by atoms with E-state index in [0.29, 0.717) is 0 Å². The number of aromatic nitrogens is 1. The number of allylic oxidation sites excluding steroid dienone is 4. The number of hydrogen-bond donors (Lipinski definition) is 0. The zero-order chi connectivity index (χ0) is 9.54. The molecule has 3 unspecified atom stereocenters. The summed E-state index contributed by atoms with van der Waals surface area (Å²) in [5.41, 5.74) is 2.39. The van der Waals surface area contributed by atoms with E-state index in [0.717, 1.165) is 23.4 Å². The van der Waals surface area contributed by atoms with E-state index in [1.54, 1.807) is 0 Å². The van der Waals surface area contributed by atoms with Gasteiger partial charge < -0.3 is 0 Å². The van der Waals surface area contributed by atoms with Gasteiger partial charge in [-0.05, 0) is 35.5 Å². The van der Waals surface area contributed by atoms with Gasteiger partial charge in [-0.3, -0.25) is 4.98 Å². The molecule has 0 aliphatic heterocycles. The van der Waals surface area contributed by atoms with Gasteiger partial charge in [0.25, 0.3) is 0 Å². The Morgan fingerprint density at radius 2 is 2.14 bits per heavy atom. The SMILES string of the molecule is CC1C2C=CC(c3ccccn3)=CC12. The molecule has 2 aliphatic rings. The van der Waals surface area contributed by atoms with Crippen molar-refractivity contribution in [1.82, 2.24) is 4.98 Å². The summed E-state index contributed by atoms with van der Waals surface area (Å²) < 4.78 is 0. The van der Waals surface area contributed by atoms with Crippen molar-refractivity contribution in [3.8, 4) is 0 Å². The third-order valence-corrected chi connectivity index (χ3v) is 3.35. The molecule has 0 saturated heterocycles. The minimum Gasteiger partial charge on any atom is -0.256 e. The number of hydrogen-bond acceptors (Lipinski definition) is 1. The van der Waals surface area contributed by atoms with Gasteiger partial charge in [-0.25, -0.2) is 0 Å². The van der Waals surface area contributed by atoms with Crippen molar-refractivity contribution < 1.29 is 0 Å². The Bertz CT molecular complexity index is 403. The van der Waals surface area contributed by atoms with E-state index < -0.39 is 0 Å². The monoisotopic (exact) mass is 183 g/mol. The van der Waals surface area contributed by atoms with Crippen molar-refractivity contribution in [3.05, 3.63) is 48.3 Å². The summed E-state index contributed by atoms with van der Waals surface area (Å²) in [5, 5.41) is 0. The highest BCUT2D eigenvalue weighted by molar-refractivity contribution is 5.73. The first-order chi connectivity index (χ1) is 6.86. The maximum atomic E-state index is 4.36. The highest BCUT2D eigenvalue weighted by atomic mass is 14.7. The quantitative estimate of drug-likeness (QED) is 0.652. The number of fused-ring (bicyclic) bond motifs is 1. The zero-order valence-corrected chi connectivity index (χ0v) is 8.22. The second-order valence-corrected chi connectivity index (χ2v) is 4.21. The Hall–Kier alpha value is -1.37. The largest absolute Gasteiger partial charge is 0.256 e. The van der Waals surface area contributed by atoms with Gasteiger partial charge in [0.15, 0.2) is 0 Å². The average molecular weight is 183 g/mol. The summed E-state index contributed by atoms with van der Waals surface area (Å²) in [6.07, 6.45) is 8.77. The van der Waals surface area contributed by atoms with Crippen molar-refractivity contribution in [2.24, 2.45) is 17.8 Å². The van der Waals surface area contributed by atoms with E-state index >= 15 is 0 Å². The molecule has 1 heterocycles. The molecule has 0 amide bonds. The molecular formula is C13H13N. The maximum Gasteiger partial charge on any atom is 0.0698 e. The molecule has 3 rings (SSSR count). The van der Waals surface area contributed by atoms with Crippen molar-refractivity contribution in [2.45, 2.75) is 6.92 Å². The molecule has 1 fully saturated rings. The third kappa shape index (κ3) is 1.12. The molecule has 0 radical (unpaired) electrons. The summed E-state index contributed by atoms with van der Waals surface area (Å²) in [6.45, 7) is 2.32. The van der Waals surface area contributed by atoms with Crippen LogP contribution in [0.1, 0.15) is 12.6 Å². The molecule has 1 aromatic rings. The van der Waals surface area contributed by atoms with Gasteiger partial charge in [-0.15, -0.1) is 0 Å². The zero-order valence-electron chi connectivity index (χ0n) is 8.22. The molecule has 3 atom stereocenters. The Labute approximate surface area is 84.2 Å². The summed E-state index contributed by atoms with van der Waals surface area (Å²) in [6, 6.07) is 6.07. The van der Waals surface area contributed by atoms with Crippen LogP contribution >= 0.6 is 0 Å². The van der Waals surface area contributed by atoms with Crippen LogP contribution < -0.4 is 0 Å². The molecule has 0 aromatic carbocycles. The first kappa shape index (κ1) is 7.98. The molecule has 0 bridgehead atoms. The summed E-state index contributed by atoms with van der Waals surface area (Å²) in [4.78, 5) is 4.36. The van der Waals surface area contributed by atoms with Crippen molar-refractivity contribution in [3.63, 3.8) is 0 Å². The third-order valence-electron chi connectivity index (χ3n) is 3.35.